The number of benzene rings is 2. The van der Waals surface area contributed by atoms with Crippen molar-refractivity contribution in [2.45, 2.75) is 72.2 Å². The van der Waals surface area contributed by atoms with Crippen LogP contribution in [0.3, 0.4) is 0 Å². The Morgan fingerprint density at radius 2 is 1.00 bits per heavy atom. The third kappa shape index (κ3) is 9.57. The molecule has 2 unspecified atom stereocenters. The van der Waals surface area contributed by atoms with E-state index in [1.807, 2.05) is 39.3 Å². The van der Waals surface area contributed by atoms with E-state index < -0.39 is 57.3 Å². The number of carbonyl (C=O) groups excluding carboxylic acids is 2. The molecule has 2 atom stereocenters. The predicted molar refractivity (Wildman–Crippen MR) is 187 cm³/mol. The smallest absolute Gasteiger partial charge is 1.00 e. The molecule has 12 heteroatoms. The number of halogens is 2. The quantitative estimate of drug-likeness (QED) is 0.390. The molecule has 2 saturated heterocycles. The molecule has 0 saturated carbocycles. The number of allylic oxidation sites excluding steroid dienone is 2. The standard InChI is InChI=1S/2C13H14N.2C4H11NOSi.2ClH.Ga.Zr.H/c2*1-2-6-12-11(5-1)7-8-13(12)14-9-3-4-10-14;2*1-7(2,3)4(5)6;;;;;/h2*1-2,5-8H,3-4,9-10H2;2*1-3H3,(H2,5,6);2*1H;;;/q;;;;;;2*+2;/p-4. The van der Waals surface area contributed by atoms with Crippen LogP contribution < -0.4 is 32.9 Å². The van der Waals surface area contributed by atoms with Crippen LogP contribution in [0, 0.1) is 0 Å². The Balaban J connectivity index is 0.000000294. The van der Waals surface area contributed by atoms with Gasteiger partial charge in [0, 0.05) is 0 Å². The summed E-state index contributed by atoms with van der Waals surface area (Å²) >= 11 is -2.13. The van der Waals surface area contributed by atoms with E-state index in [4.69, 9.17) is 0 Å². The number of rotatable bonds is 8. The minimum Gasteiger partial charge on any atom is -1.00 e. The van der Waals surface area contributed by atoms with Gasteiger partial charge in [0.15, 0.2) is 0 Å². The number of carbonyl (C=O) groups is 2. The molecular weight excluding hydrogens is 784 g/mol. The summed E-state index contributed by atoms with van der Waals surface area (Å²) in [7, 11) is -3.44. The molecule has 0 bridgehead atoms. The van der Waals surface area contributed by atoms with E-state index in [1.165, 1.54) is 63.0 Å². The normalized spacial score (nSPS) is 19.6. The molecule has 2 fully saturated rings. The van der Waals surface area contributed by atoms with Crippen molar-refractivity contribution in [3.63, 3.8) is 0 Å². The maximum absolute atomic E-state index is 11.6. The van der Waals surface area contributed by atoms with Gasteiger partial charge in [-0.25, -0.2) is 0 Å². The van der Waals surface area contributed by atoms with Gasteiger partial charge in [0.1, 0.15) is 0 Å². The van der Waals surface area contributed by atoms with Crippen molar-refractivity contribution >= 4 is 56.5 Å². The first-order valence-corrected chi connectivity index (χ1v) is 29.2. The van der Waals surface area contributed by atoms with Crippen LogP contribution in [0.15, 0.2) is 60.7 Å². The van der Waals surface area contributed by atoms with Gasteiger partial charge in [-0.05, 0) is 0 Å². The van der Waals surface area contributed by atoms with Gasteiger partial charge in [0.2, 0.25) is 0 Å². The molecule has 2 aliphatic carbocycles. The molecule has 246 valence electrons. The van der Waals surface area contributed by atoms with Crippen molar-refractivity contribution in [2.24, 2.45) is 0 Å². The molecule has 2 aromatic rings. The average molecular weight is 834 g/mol. The van der Waals surface area contributed by atoms with Crippen LogP contribution in [0.2, 0.25) is 39.3 Å². The third-order valence-corrected chi connectivity index (χ3v) is 19.7. The van der Waals surface area contributed by atoms with Gasteiger partial charge in [-0.1, -0.05) is 0 Å². The molecule has 0 aromatic heterocycles. The summed E-state index contributed by atoms with van der Waals surface area (Å²) in [6, 6.07) is 18.5. The number of fused-ring (bicyclic) bond motifs is 2. The van der Waals surface area contributed by atoms with E-state index in [0.29, 0.717) is 7.25 Å². The molecule has 6 rings (SSSR count). The summed E-state index contributed by atoms with van der Waals surface area (Å²) in [4.78, 5) is 28.4. The maximum Gasteiger partial charge on any atom is -1.00 e. The van der Waals surface area contributed by atoms with Crippen LogP contribution in [-0.2, 0) is 23.2 Å². The number of hydrogen-bond acceptors (Lipinski definition) is 4. The van der Waals surface area contributed by atoms with E-state index in [9.17, 15) is 9.59 Å². The molecule has 0 spiro atoms. The summed E-state index contributed by atoms with van der Waals surface area (Å²) in [6.07, 6.45) is 10.7. The Morgan fingerprint density at radius 1 is 0.652 bits per heavy atom. The second-order valence-electron chi connectivity index (χ2n) is 14.5. The van der Waals surface area contributed by atoms with Crippen LogP contribution >= 0.6 is 0 Å². The molecule has 2 N–H and O–H groups in total. The largest absolute Gasteiger partial charge is 1.00 e. The average Bonchev–Trinajstić information content (AvgIpc) is 3.80. The molecule has 4 aliphatic rings. The van der Waals surface area contributed by atoms with Gasteiger partial charge < -0.3 is 24.8 Å². The summed E-state index contributed by atoms with van der Waals surface area (Å²) in [5.41, 5.74) is 9.68. The minimum absolute atomic E-state index is 0. The van der Waals surface area contributed by atoms with Crippen molar-refractivity contribution in [2.75, 3.05) is 26.2 Å². The monoisotopic (exact) mass is 830 g/mol. The second-order valence-corrected chi connectivity index (χ2v) is 30.5. The molecule has 46 heavy (non-hydrogen) atoms. The van der Waals surface area contributed by atoms with Crippen molar-refractivity contribution in [1.82, 2.24) is 17.8 Å². The molecular formula is C34H49Cl2GaN4O2Si2Zr. The van der Waals surface area contributed by atoms with Crippen LogP contribution in [0.1, 0.15) is 55.2 Å². The van der Waals surface area contributed by atoms with Crippen molar-refractivity contribution < 1.29 is 57.6 Å². The van der Waals surface area contributed by atoms with Gasteiger partial charge in [-0.2, -0.15) is 0 Å². The first kappa shape index (κ1) is 39.4. The Kier molecular flexibility index (Phi) is 14.6. The van der Waals surface area contributed by atoms with Gasteiger partial charge in [0.25, 0.3) is 0 Å². The summed E-state index contributed by atoms with van der Waals surface area (Å²) < 4.78 is 7.24. The number of hydrogen-bond donors (Lipinski definition) is 2. The second kappa shape index (κ2) is 17.1. The van der Waals surface area contributed by atoms with E-state index in [0.717, 1.165) is 0 Å². The molecule has 2 amide bonds. The predicted octanol–water partition coefficient (Wildman–Crippen LogP) is 0.972. The third-order valence-electron chi connectivity index (χ3n) is 8.91. The zero-order valence-electron chi connectivity index (χ0n) is 28.3. The fourth-order valence-electron chi connectivity index (χ4n) is 6.35. The molecule has 2 aliphatic heterocycles. The zero-order valence-corrected chi connectivity index (χ0v) is 37.2. The molecule has 2 aromatic carbocycles. The fraction of sp³-hybridized carbons (Fsp3) is 0.471. The minimum atomic E-state index is -1.72. The van der Waals surface area contributed by atoms with Crippen LogP contribution in [0.5, 0.6) is 0 Å². The summed E-state index contributed by atoms with van der Waals surface area (Å²) in [6.45, 7) is 17.0. The van der Waals surface area contributed by atoms with Crippen molar-refractivity contribution in [3.8, 4) is 0 Å². The molecule has 2 heterocycles. The Hall–Kier alpha value is -1.01. The number of nitrogens with zero attached hydrogens (tertiary/aromatic N) is 2. The Bertz CT molecular complexity index is 1330. The fourth-order valence-corrected chi connectivity index (χ4v) is 20.2. The summed E-state index contributed by atoms with van der Waals surface area (Å²) in [5, 5.41) is 0. The van der Waals surface area contributed by atoms with Gasteiger partial charge >= 0.3 is 288 Å². The summed E-state index contributed by atoms with van der Waals surface area (Å²) in [5.74, 6) is 0. The van der Waals surface area contributed by atoms with Gasteiger partial charge in [0.05, 0.1) is 0 Å². The van der Waals surface area contributed by atoms with Gasteiger partial charge in [-0.3, -0.25) is 0 Å². The van der Waals surface area contributed by atoms with Gasteiger partial charge in [-0.15, -0.1) is 0 Å². The number of nitrogens with one attached hydrogen (secondary N) is 2. The molecule has 0 radical (unpaired) electrons. The first-order valence-electron chi connectivity index (χ1n) is 16.4. The van der Waals surface area contributed by atoms with E-state index in [-0.39, 0.29) is 35.9 Å². The van der Waals surface area contributed by atoms with E-state index in [1.54, 1.807) is 22.5 Å². The van der Waals surface area contributed by atoms with Crippen LogP contribution in [-0.4, -0.2) is 81.1 Å². The number of amides is 2. The van der Waals surface area contributed by atoms with Crippen molar-refractivity contribution in [3.05, 3.63) is 82.9 Å². The van der Waals surface area contributed by atoms with E-state index in [2.05, 4.69) is 78.5 Å². The zero-order chi connectivity index (χ0) is 31.5. The maximum atomic E-state index is 11.6. The topological polar surface area (TPSA) is 64.7 Å². The van der Waals surface area contributed by atoms with Crippen LogP contribution in [0.25, 0.3) is 11.4 Å². The van der Waals surface area contributed by atoms with E-state index >= 15 is 0 Å². The molecule has 6 nitrogen and oxygen atoms in total. The Morgan fingerprint density at radius 3 is 1.35 bits per heavy atom. The van der Waals surface area contributed by atoms with Crippen LogP contribution in [0.4, 0.5) is 9.59 Å². The Labute approximate surface area is 310 Å². The first-order chi connectivity index (χ1) is 20.9. The number of likely N-dealkylation sites (tertiary alicyclic amines) is 2. The SMILES string of the molecule is C1=C(N2CCCC2)c2ccccc2[CH]1[Zr+2][CH]1C=C(N2CCCC2)c2ccccc21.C[Si](C)(C)C(=O)[NH][GaH][NH]C(=O)[Si](C)(C)C.[Cl-].[Cl-]. The van der Waals surface area contributed by atoms with Crippen molar-refractivity contribution in [1.29, 1.82) is 0 Å².